The molecule has 0 N–H and O–H groups in total. The molecule has 0 saturated heterocycles. The Labute approximate surface area is 66.8 Å². The summed E-state index contributed by atoms with van der Waals surface area (Å²) in [5, 5.41) is 0. The van der Waals surface area contributed by atoms with Crippen molar-refractivity contribution in [3.63, 3.8) is 0 Å². The smallest absolute Gasteiger partial charge is 0.0518 e. The average Bonchev–Trinajstić information content (AvgIpc) is 2.34. The molecule has 0 fully saturated rings. The van der Waals surface area contributed by atoms with Gasteiger partial charge in [0.25, 0.3) is 0 Å². The second kappa shape index (κ2) is 2.19. The number of hydrogen-bond acceptors (Lipinski definition) is 1. The lowest BCUT2D eigenvalue weighted by Crippen LogP contribution is -1.90. The molecule has 1 aromatic rings. The summed E-state index contributed by atoms with van der Waals surface area (Å²) >= 11 is 0. The van der Waals surface area contributed by atoms with Gasteiger partial charge in [-0.1, -0.05) is 6.08 Å². The van der Waals surface area contributed by atoms with Crippen LogP contribution in [-0.2, 0) is 6.42 Å². The maximum absolute atomic E-state index is 4.32. The molecule has 1 aliphatic rings. The number of allylic oxidation sites excluding steroid dienone is 2. The summed E-state index contributed by atoms with van der Waals surface area (Å²) in [6.45, 7) is 4.30. The van der Waals surface area contributed by atoms with E-state index in [9.17, 15) is 0 Å². The van der Waals surface area contributed by atoms with Crippen molar-refractivity contribution < 1.29 is 0 Å². The van der Waals surface area contributed by atoms with Gasteiger partial charge in [0, 0.05) is 18.2 Å². The molecule has 0 amide bonds. The summed E-state index contributed by atoms with van der Waals surface area (Å²) in [5.41, 5.74) is 5.34. The molecule has 56 valence electrons. The lowest BCUT2D eigenvalue weighted by atomic mass is 10.1. The molecular formula is C10H11N. The van der Waals surface area contributed by atoms with E-state index in [0.29, 0.717) is 0 Å². The van der Waals surface area contributed by atoms with E-state index in [1.54, 1.807) is 0 Å². The Balaban J connectivity index is 2.67. The van der Waals surface area contributed by atoms with E-state index < -0.39 is 0 Å². The number of fused-ring (bicyclic) bond motifs is 1. The SMILES string of the molecule is CC1=CCc2nccc(C)c21. The van der Waals surface area contributed by atoms with Crippen molar-refractivity contribution in [3.05, 3.63) is 35.2 Å². The maximum atomic E-state index is 4.32. The van der Waals surface area contributed by atoms with Gasteiger partial charge < -0.3 is 0 Å². The standard InChI is InChI=1S/C10H11N/c1-7-3-4-9-10(7)8(2)5-6-11-9/h3,5-6H,4H2,1-2H3. The summed E-state index contributed by atoms with van der Waals surface area (Å²) in [4.78, 5) is 4.32. The number of pyridine rings is 1. The van der Waals surface area contributed by atoms with Crippen molar-refractivity contribution in [1.29, 1.82) is 0 Å². The van der Waals surface area contributed by atoms with E-state index in [1.165, 1.54) is 22.4 Å². The van der Waals surface area contributed by atoms with Crippen molar-refractivity contribution in [2.45, 2.75) is 20.3 Å². The van der Waals surface area contributed by atoms with Crippen molar-refractivity contribution in [2.24, 2.45) is 0 Å². The van der Waals surface area contributed by atoms with Crippen LogP contribution in [0.25, 0.3) is 5.57 Å². The van der Waals surface area contributed by atoms with Crippen molar-refractivity contribution in [1.82, 2.24) is 4.98 Å². The molecule has 1 heterocycles. The van der Waals surface area contributed by atoms with E-state index in [4.69, 9.17) is 0 Å². The van der Waals surface area contributed by atoms with Gasteiger partial charge in [0.2, 0.25) is 0 Å². The fraction of sp³-hybridized carbons (Fsp3) is 0.300. The Kier molecular flexibility index (Phi) is 1.31. The van der Waals surface area contributed by atoms with Crippen LogP contribution < -0.4 is 0 Å². The van der Waals surface area contributed by atoms with Gasteiger partial charge >= 0.3 is 0 Å². The maximum Gasteiger partial charge on any atom is 0.0518 e. The molecular weight excluding hydrogens is 134 g/mol. The van der Waals surface area contributed by atoms with Gasteiger partial charge in [0.1, 0.15) is 0 Å². The molecule has 2 rings (SSSR count). The number of nitrogens with zero attached hydrogens (tertiary/aromatic N) is 1. The first kappa shape index (κ1) is 6.59. The van der Waals surface area contributed by atoms with Crippen molar-refractivity contribution in [2.75, 3.05) is 0 Å². The highest BCUT2D eigenvalue weighted by molar-refractivity contribution is 5.72. The van der Waals surface area contributed by atoms with Crippen molar-refractivity contribution >= 4 is 5.57 Å². The zero-order valence-electron chi connectivity index (χ0n) is 6.89. The van der Waals surface area contributed by atoms with Gasteiger partial charge in [-0.3, -0.25) is 4.98 Å². The van der Waals surface area contributed by atoms with Crippen LogP contribution in [0.4, 0.5) is 0 Å². The van der Waals surface area contributed by atoms with Gasteiger partial charge in [-0.15, -0.1) is 0 Å². The summed E-state index contributed by atoms with van der Waals surface area (Å²) < 4.78 is 0. The van der Waals surface area contributed by atoms with Gasteiger partial charge in [0.15, 0.2) is 0 Å². The average molecular weight is 145 g/mol. The van der Waals surface area contributed by atoms with Crippen LogP contribution in [0.2, 0.25) is 0 Å². The topological polar surface area (TPSA) is 12.9 Å². The molecule has 0 aromatic carbocycles. The molecule has 1 nitrogen and oxygen atoms in total. The molecule has 1 aliphatic carbocycles. The molecule has 0 saturated carbocycles. The Hall–Kier alpha value is -1.11. The molecule has 11 heavy (non-hydrogen) atoms. The first-order valence-electron chi connectivity index (χ1n) is 3.90. The molecule has 1 aromatic heterocycles. The van der Waals surface area contributed by atoms with E-state index in [0.717, 1.165) is 6.42 Å². The monoisotopic (exact) mass is 145 g/mol. The minimum Gasteiger partial charge on any atom is -0.260 e. The second-order valence-electron chi connectivity index (χ2n) is 3.04. The lowest BCUT2D eigenvalue weighted by Gasteiger charge is -2.03. The van der Waals surface area contributed by atoms with Crippen LogP contribution in [0.15, 0.2) is 18.3 Å². The molecule has 0 spiro atoms. The molecule has 1 heteroatoms. The summed E-state index contributed by atoms with van der Waals surface area (Å²) in [6, 6.07) is 2.07. The predicted octanol–water partition coefficient (Wildman–Crippen LogP) is 2.35. The first-order chi connectivity index (χ1) is 5.29. The van der Waals surface area contributed by atoms with Crippen LogP contribution in [-0.4, -0.2) is 4.98 Å². The summed E-state index contributed by atoms with van der Waals surface area (Å²) in [5.74, 6) is 0. The van der Waals surface area contributed by atoms with Gasteiger partial charge in [-0.25, -0.2) is 0 Å². The zero-order chi connectivity index (χ0) is 7.84. The Morgan fingerprint density at radius 1 is 1.36 bits per heavy atom. The van der Waals surface area contributed by atoms with Crippen LogP contribution in [0.3, 0.4) is 0 Å². The minimum atomic E-state index is 1.02. The highest BCUT2D eigenvalue weighted by Crippen LogP contribution is 2.27. The number of hydrogen-bond donors (Lipinski definition) is 0. The Morgan fingerprint density at radius 2 is 2.18 bits per heavy atom. The van der Waals surface area contributed by atoms with E-state index in [-0.39, 0.29) is 0 Å². The van der Waals surface area contributed by atoms with E-state index in [2.05, 4.69) is 31.0 Å². The third-order valence-electron chi connectivity index (χ3n) is 2.23. The second-order valence-corrected chi connectivity index (χ2v) is 3.04. The highest BCUT2D eigenvalue weighted by Gasteiger charge is 2.12. The lowest BCUT2D eigenvalue weighted by molar-refractivity contribution is 1.11. The molecule has 0 aliphatic heterocycles. The van der Waals surface area contributed by atoms with Gasteiger partial charge in [-0.2, -0.15) is 0 Å². The Morgan fingerprint density at radius 3 is 2.91 bits per heavy atom. The van der Waals surface area contributed by atoms with Crippen LogP contribution >= 0.6 is 0 Å². The van der Waals surface area contributed by atoms with Crippen LogP contribution in [0, 0.1) is 6.92 Å². The third kappa shape index (κ3) is 0.881. The number of aryl methyl sites for hydroxylation is 1. The quantitative estimate of drug-likeness (QED) is 0.546. The fourth-order valence-corrected chi connectivity index (χ4v) is 1.66. The third-order valence-corrected chi connectivity index (χ3v) is 2.23. The summed E-state index contributed by atoms with van der Waals surface area (Å²) in [7, 11) is 0. The first-order valence-corrected chi connectivity index (χ1v) is 3.90. The van der Waals surface area contributed by atoms with Crippen LogP contribution in [0.5, 0.6) is 0 Å². The number of rotatable bonds is 0. The fourth-order valence-electron chi connectivity index (χ4n) is 1.66. The van der Waals surface area contributed by atoms with Crippen molar-refractivity contribution in [3.8, 4) is 0 Å². The van der Waals surface area contributed by atoms with Crippen LogP contribution in [0.1, 0.15) is 23.7 Å². The van der Waals surface area contributed by atoms with Gasteiger partial charge in [-0.05, 0) is 31.1 Å². The normalized spacial score (nSPS) is 14.5. The molecule has 0 atom stereocenters. The zero-order valence-corrected chi connectivity index (χ0v) is 6.89. The van der Waals surface area contributed by atoms with E-state index in [1.807, 2.05) is 6.20 Å². The largest absolute Gasteiger partial charge is 0.260 e. The highest BCUT2D eigenvalue weighted by atomic mass is 14.7. The molecule has 0 unspecified atom stereocenters. The molecule has 0 radical (unpaired) electrons. The summed E-state index contributed by atoms with van der Waals surface area (Å²) in [6.07, 6.45) is 5.15. The predicted molar refractivity (Wildman–Crippen MR) is 46.3 cm³/mol. The number of aromatic nitrogens is 1. The Bertz CT molecular complexity index is 324. The van der Waals surface area contributed by atoms with E-state index >= 15 is 0 Å². The minimum absolute atomic E-state index is 1.02. The molecule has 0 bridgehead atoms. The van der Waals surface area contributed by atoms with Gasteiger partial charge in [0.05, 0.1) is 5.69 Å².